The molecular formula is C24H32IN5O3. The lowest BCUT2D eigenvalue weighted by molar-refractivity contribution is 0.324. The number of aromatic nitrogens is 2. The number of rotatable bonds is 9. The average Bonchev–Trinajstić information content (AvgIpc) is 3.29. The predicted octanol–water partition coefficient (Wildman–Crippen LogP) is 4.32. The van der Waals surface area contributed by atoms with Crippen LogP contribution in [0.4, 0.5) is 0 Å². The van der Waals surface area contributed by atoms with Crippen molar-refractivity contribution in [3.8, 4) is 28.5 Å². The number of H-pyrrole nitrogens is 1. The highest BCUT2D eigenvalue weighted by molar-refractivity contribution is 14.0. The average molecular weight is 565 g/mol. The summed E-state index contributed by atoms with van der Waals surface area (Å²) < 4.78 is 16.3. The third-order valence-corrected chi connectivity index (χ3v) is 4.93. The van der Waals surface area contributed by atoms with Gasteiger partial charge in [-0.15, -0.1) is 24.0 Å². The van der Waals surface area contributed by atoms with Crippen molar-refractivity contribution >= 4 is 29.9 Å². The lowest BCUT2D eigenvalue weighted by Gasteiger charge is -2.21. The van der Waals surface area contributed by atoms with Crippen LogP contribution in [-0.4, -0.2) is 55.7 Å². The Morgan fingerprint density at radius 2 is 1.73 bits per heavy atom. The minimum Gasteiger partial charge on any atom is -0.493 e. The Morgan fingerprint density at radius 3 is 2.30 bits per heavy atom. The van der Waals surface area contributed by atoms with Crippen molar-refractivity contribution in [2.75, 3.05) is 34.9 Å². The van der Waals surface area contributed by atoms with Gasteiger partial charge in [0.2, 0.25) is 5.75 Å². The first kappa shape index (κ1) is 26.3. The molecule has 0 saturated carbocycles. The predicted molar refractivity (Wildman–Crippen MR) is 142 cm³/mol. The first-order valence-electron chi connectivity index (χ1n) is 10.5. The molecule has 0 aliphatic carbocycles. The van der Waals surface area contributed by atoms with Crippen LogP contribution < -0.4 is 19.5 Å². The number of hydrogen-bond donors (Lipinski definition) is 2. The number of benzene rings is 2. The monoisotopic (exact) mass is 565 g/mol. The van der Waals surface area contributed by atoms with Crippen molar-refractivity contribution in [1.82, 2.24) is 20.2 Å². The van der Waals surface area contributed by atoms with Gasteiger partial charge in [0, 0.05) is 13.6 Å². The second-order valence-corrected chi connectivity index (χ2v) is 7.17. The zero-order valence-electron chi connectivity index (χ0n) is 19.7. The Kier molecular flexibility index (Phi) is 10.3. The fourth-order valence-electron chi connectivity index (χ4n) is 3.37. The van der Waals surface area contributed by atoms with E-state index in [0.717, 1.165) is 35.1 Å². The van der Waals surface area contributed by atoms with Gasteiger partial charge in [0.25, 0.3) is 0 Å². The summed E-state index contributed by atoms with van der Waals surface area (Å²) in [6, 6.07) is 14.0. The zero-order chi connectivity index (χ0) is 22.9. The molecule has 2 aromatic carbocycles. The van der Waals surface area contributed by atoms with Gasteiger partial charge in [-0.25, -0.2) is 9.98 Å². The Balaban J connectivity index is 0.00000385. The molecule has 1 aromatic heterocycles. The van der Waals surface area contributed by atoms with Crippen LogP contribution >= 0.6 is 24.0 Å². The molecule has 0 saturated heterocycles. The number of aliphatic imine (C=N–C) groups is 1. The van der Waals surface area contributed by atoms with Crippen molar-refractivity contribution in [3.05, 3.63) is 60.0 Å². The lowest BCUT2D eigenvalue weighted by Crippen LogP contribution is -2.38. The molecule has 0 unspecified atom stereocenters. The summed E-state index contributed by atoms with van der Waals surface area (Å²) >= 11 is 0. The molecule has 0 spiro atoms. The number of methoxy groups -OCH3 is 3. The highest BCUT2D eigenvalue weighted by Crippen LogP contribution is 2.38. The Morgan fingerprint density at radius 1 is 1.06 bits per heavy atom. The van der Waals surface area contributed by atoms with Crippen molar-refractivity contribution in [3.63, 3.8) is 0 Å². The summed E-state index contributed by atoms with van der Waals surface area (Å²) in [6.07, 6.45) is 1.86. The van der Waals surface area contributed by atoms with Gasteiger partial charge in [0.15, 0.2) is 17.5 Å². The summed E-state index contributed by atoms with van der Waals surface area (Å²) in [7, 11) is 6.79. The van der Waals surface area contributed by atoms with E-state index < -0.39 is 0 Å². The molecule has 9 heteroatoms. The summed E-state index contributed by atoms with van der Waals surface area (Å²) in [5.74, 6) is 3.43. The number of hydrogen-bond acceptors (Lipinski definition) is 5. The summed E-state index contributed by atoms with van der Waals surface area (Å²) in [6.45, 7) is 3.85. The van der Waals surface area contributed by atoms with E-state index in [4.69, 9.17) is 19.2 Å². The van der Waals surface area contributed by atoms with Crippen LogP contribution in [0.15, 0.2) is 53.7 Å². The molecular weight excluding hydrogens is 533 g/mol. The number of guanidine groups is 1. The van der Waals surface area contributed by atoms with Gasteiger partial charge in [0.1, 0.15) is 5.82 Å². The van der Waals surface area contributed by atoms with Crippen molar-refractivity contribution in [2.24, 2.45) is 4.99 Å². The van der Waals surface area contributed by atoms with E-state index in [0.29, 0.717) is 30.3 Å². The molecule has 0 aliphatic heterocycles. The van der Waals surface area contributed by atoms with E-state index in [1.165, 1.54) is 0 Å². The normalized spacial score (nSPS) is 10.9. The van der Waals surface area contributed by atoms with Gasteiger partial charge >= 0.3 is 0 Å². The molecule has 1 heterocycles. The van der Waals surface area contributed by atoms with Gasteiger partial charge in [-0.2, -0.15) is 0 Å². The van der Waals surface area contributed by atoms with E-state index in [2.05, 4.69) is 27.4 Å². The van der Waals surface area contributed by atoms with Crippen LogP contribution in [0.25, 0.3) is 11.3 Å². The van der Waals surface area contributed by atoms with E-state index in [-0.39, 0.29) is 24.0 Å². The highest BCUT2D eigenvalue weighted by Gasteiger charge is 2.14. The van der Waals surface area contributed by atoms with Gasteiger partial charge in [-0.05, 0) is 30.2 Å². The minimum atomic E-state index is 0. The standard InChI is InChI=1S/C24H31N5O3.HI/c1-6-25-24(27-14-17-12-20(30-3)23(32-5)21(13-17)31-4)29(2)16-22-26-15-19(28-22)18-10-8-7-9-11-18;/h7-13,15H,6,14,16H2,1-5H3,(H,25,27)(H,26,28);1H. The largest absolute Gasteiger partial charge is 0.493 e. The number of aromatic amines is 1. The Bertz CT molecular complexity index is 1010. The number of halogens is 1. The van der Waals surface area contributed by atoms with Crippen molar-refractivity contribution in [2.45, 2.75) is 20.0 Å². The molecule has 0 radical (unpaired) electrons. The van der Waals surface area contributed by atoms with E-state index in [9.17, 15) is 0 Å². The third kappa shape index (κ3) is 6.77. The number of imidazole rings is 1. The Hall–Kier alpha value is -2.95. The minimum absolute atomic E-state index is 0. The number of nitrogens with one attached hydrogen (secondary N) is 2. The lowest BCUT2D eigenvalue weighted by atomic mass is 10.2. The molecule has 3 aromatic rings. The molecule has 0 amide bonds. The molecule has 0 aliphatic rings. The van der Waals surface area contributed by atoms with Crippen molar-refractivity contribution < 1.29 is 14.2 Å². The quantitative estimate of drug-likeness (QED) is 0.229. The van der Waals surface area contributed by atoms with Crippen LogP contribution in [-0.2, 0) is 13.1 Å². The summed E-state index contributed by atoms with van der Waals surface area (Å²) in [5.41, 5.74) is 3.05. The van der Waals surface area contributed by atoms with Crippen LogP contribution in [0.1, 0.15) is 18.3 Å². The molecule has 0 bridgehead atoms. The number of ether oxygens (including phenoxy) is 3. The Labute approximate surface area is 212 Å². The molecule has 3 rings (SSSR count). The van der Waals surface area contributed by atoms with E-state index in [1.54, 1.807) is 21.3 Å². The van der Waals surface area contributed by atoms with E-state index in [1.807, 2.05) is 55.4 Å². The maximum Gasteiger partial charge on any atom is 0.203 e. The second-order valence-electron chi connectivity index (χ2n) is 7.17. The van der Waals surface area contributed by atoms with Crippen LogP contribution in [0.2, 0.25) is 0 Å². The topological polar surface area (TPSA) is 84.0 Å². The van der Waals surface area contributed by atoms with Crippen LogP contribution in [0, 0.1) is 0 Å². The molecule has 2 N–H and O–H groups in total. The first-order chi connectivity index (χ1) is 15.6. The smallest absolute Gasteiger partial charge is 0.203 e. The SMILES string of the molecule is CCNC(=NCc1cc(OC)c(OC)c(OC)c1)N(C)Cc1ncc(-c2ccccc2)[nH]1.I. The molecule has 33 heavy (non-hydrogen) atoms. The van der Waals surface area contributed by atoms with Gasteiger partial charge < -0.3 is 29.4 Å². The summed E-state index contributed by atoms with van der Waals surface area (Å²) in [5, 5.41) is 3.34. The van der Waals surface area contributed by atoms with Gasteiger partial charge in [-0.3, -0.25) is 0 Å². The number of nitrogens with zero attached hydrogens (tertiary/aromatic N) is 3. The molecule has 8 nitrogen and oxygen atoms in total. The molecule has 0 fully saturated rings. The zero-order valence-corrected chi connectivity index (χ0v) is 22.0. The van der Waals surface area contributed by atoms with Crippen molar-refractivity contribution in [1.29, 1.82) is 0 Å². The summed E-state index contributed by atoms with van der Waals surface area (Å²) in [4.78, 5) is 14.7. The molecule has 178 valence electrons. The first-order valence-corrected chi connectivity index (χ1v) is 10.5. The molecule has 0 atom stereocenters. The van der Waals surface area contributed by atoms with Gasteiger partial charge in [0.05, 0.1) is 46.3 Å². The highest BCUT2D eigenvalue weighted by atomic mass is 127. The van der Waals surface area contributed by atoms with E-state index >= 15 is 0 Å². The van der Waals surface area contributed by atoms with Crippen LogP contribution in [0.5, 0.6) is 17.2 Å². The van der Waals surface area contributed by atoms with Gasteiger partial charge in [-0.1, -0.05) is 30.3 Å². The third-order valence-electron chi connectivity index (χ3n) is 4.93. The maximum absolute atomic E-state index is 5.45. The fourth-order valence-corrected chi connectivity index (χ4v) is 3.37. The maximum atomic E-state index is 5.45. The fraction of sp³-hybridized carbons (Fsp3) is 0.333. The second kappa shape index (κ2) is 12.9. The van der Waals surface area contributed by atoms with Crippen LogP contribution in [0.3, 0.4) is 0 Å².